The van der Waals surface area contributed by atoms with Crippen LogP contribution in [0.1, 0.15) is 46.0 Å². The van der Waals surface area contributed by atoms with E-state index in [1.54, 1.807) is 13.2 Å². The van der Waals surface area contributed by atoms with Crippen LogP contribution in [0.4, 0.5) is 5.82 Å². The summed E-state index contributed by atoms with van der Waals surface area (Å²) < 4.78 is 2.03. The van der Waals surface area contributed by atoms with Crippen LogP contribution in [0.15, 0.2) is 30.6 Å². The molecule has 10 heteroatoms. The Kier molecular flexibility index (Phi) is 8.49. The number of nitrogens with one attached hydrogen (secondary N) is 2. The Morgan fingerprint density at radius 2 is 1.91 bits per heavy atom. The average Bonchev–Trinajstić information content (AvgIpc) is 3.26. The maximum Gasteiger partial charge on any atom is 0.244 e. The lowest BCUT2D eigenvalue weighted by atomic mass is 9.90. The van der Waals surface area contributed by atoms with Crippen molar-refractivity contribution in [3.63, 3.8) is 0 Å². The van der Waals surface area contributed by atoms with Crippen molar-refractivity contribution in [3.05, 3.63) is 30.6 Å². The van der Waals surface area contributed by atoms with E-state index in [2.05, 4.69) is 20.5 Å². The second-order valence-electron chi connectivity index (χ2n) is 9.18. The lowest BCUT2D eigenvalue weighted by Gasteiger charge is -2.41. The summed E-state index contributed by atoms with van der Waals surface area (Å²) in [5, 5.41) is 16.7. The molecule has 186 valence electrons. The van der Waals surface area contributed by atoms with Crippen LogP contribution in [0.25, 0.3) is 5.65 Å². The molecule has 0 spiro atoms. The predicted octanol–water partition coefficient (Wildman–Crippen LogP) is 0.935. The first-order valence-corrected chi connectivity index (χ1v) is 11.8. The van der Waals surface area contributed by atoms with Gasteiger partial charge in [-0.3, -0.25) is 18.8 Å². The summed E-state index contributed by atoms with van der Waals surface area (Å²) in [5.41, 5.74) is -0.111. The molecule has 0 aromatic carbocycles. The molecule has 2 aromatic heterocycles. The van der Waals surface area contributed by atoms with E-state index in [9.17, 15) is 19.5 Å². The third-order valence-electron chi connectivity index (χ3n) is 6.30. The van der Waals surface area contributed by atoms with E-state index >= 15 is 0 Å². The van der Waals surface area contributed by atoms with Crippen molar-refractivity contribution >= 4 is 29.2 Å². The summed E-state index contributed by atoms with van der Waals surface area (Å²) in [6, 6.07) is 5.32. The number of hydrogen-bond acceptors (Lipinski definition) is 6. The average molecular weight is 473 g/mol. The number of unbranched alkanes of at least 4 members (excludes halogenated alkanes) is 1. The summed E-state index contributed by atoms with van der Waals surface area (Å²) in [6.07, 6.45) is 6.62. The second kappa shape index (κ2) is 11.3. The fourth-order valence-electron chi connectivity index (χ4n) is 4.53. The quantitative estimate of drug-likeness (QED) is 0.443. The van der Waals surface area contributed by atoms with Gasteiger partial charge in [-0.25, -0.2) is 4.98 Å². The van der Waals surface area contributed by atoms with Crippen molar-refractivity contribution in [1.82, 2.24) is 24.9 Å². The molecule has 0 unspecified atom stereocenters. The van der Waals surface area contributed by atoms with E-state index < -0.39 is 11.6 Å². The third-order valence-corrected chi connectivity index (χ3v) is 6.30. The highest BCUT2D eigenvalue weighted by molar-refractivity contribution is 5.86. The van der Waals surface area contributed by atoms with Gasteiger partial charge in [0.05, 0.1) is 5.60 Å². The Hall–Kier alpha value is -3.14. The van der Waals surface area contributed by atoms with Crippen LogP contribution in [0.2, 0.25) is 0 Å². The fraction of sp³-hybridized carbons (Fsp3) is 0.583. The summed E-state index contributed by atoms with van der Waals surface area (Å²) in [4.78, 5) is 43.8. The van der Waals surface area contributed by atoms with E-state index in [0.29, 0.717) is 45.3 Å². The Labute approximate surface area is 200 Å². The molecule has 0 saturated carbocycles. The number of likely N-dealkylation sites (N-methyl/N-ethyl adjacent to an activating group) is 1. The number of carbonyl (C=O) groups is 3. The molecule has 0 radical (unpaired) electrons. The number of imidazole rings is 1. The smallest absolute Gasteiger partial charge is 0.244 e. The standard InChI is InChI=1S/C24H36N6O4/c1-18(31)25-12-5-4-7-20(27-19(2)32)23(33)28(3)17-24(34)10-14-29(15-11-24)22-9-6-8-21-26-13-16-30(21)22/h6,8-9,13,16,20,34H,4-5,7,10-12,14-15,17H2,1-3H3,(H,25,31)(H,27,32)/t20-/m0/s1. The summed E-state index contributed by atoms with van der Waals surface area (Å²) in [7, 11) is 1.67. The monoisotopic (exact) mass is 472 g/mol. The number of piperidine rings is 1. The van der Waals surface area contributed by atoms with Crippen molar-refractivity contribution in [3.8, 4) is 0 Å². The van der Waals surface area contributed by atoms with Crippen LogP contribution in [-0.2, 0) is 14.4 Å². The second-order valence-corrected chi connectivity index (χ2v) is 9.18. The topological polar surface area (TPSA) is 119 Å². The van der Waals surface area contributed by atoms with Gasteiger partial charge in [0.1, 0.15) is 17.5 Å². The van der Waals surface area contributed by atoms with Gasteiger partial charge in [-0.1, -0.05) is 6.07 Å². The lowest BCUT2D eigenvalue weighted by Crippen LogP contribution is -2.54. The van der Waals surface area contributed by atoms with Gasteiger partial charge >= 0.3 is 0 Å². The van der Waals surface area contributed by atoms with E-state index in [-0.39, 0.29) is 24.3 Å². The summed E-state index contributed by atoms with van der Waals surface area (Å²) >= 11 is 0. The zero-order chi connectivity index (χ0) is 24.7. The molecule has 1 fully saturated rings. The highest BCUT2D eigenvalue weighted by Gasteiger charge is 2.36. The molecule has 1 aliphatic heterocycles. The first-order chi connectivity index (χ1) is 16.2. The van der Waals surface area contributed by atoms with Crippen LogP contribution < -0.4 is 15.5 Å². The number of amides is 3. The number of carbonyl (C=O) groups excluding carboxylic acids is 3. The van der Waals surface area contributed by atoms with E-state index in [1.165, 1.54) is 18.7 Å². The van der Waals surface area contributed by atoms with E-state index in [4.69, 9.17) is 0 Å². The maximum atomic E-state index is 13.1. The van der Waals surface area contributed by atoms with Gasteiger partial charge in [0.15, 0.2) is 0 Å². The summed E-state index contributed by atoms with van der Waals surface area (Å²) in [5.74, 6) is 0.463. The van der Waals surface area contributed by atoms with Crippen LogP contribution in [0.5, 0.6) is 0 Å². The minimum absolute atomic E-state index is 0.0878. The zero-order valence-corrected chi connectivity index (χ0v) is 20.3. The van der Waals surface area contributed by atoms with Crippen LogP contribution in [0.3, 0.4) is 0 Å². The van der Waals surface area contributed by atoms with Crippen LogP contribution >= 0.6 is 0 Å². The van der Waals surface area contributed by atoms with Crippen LogP contribution in [-0.4, -0.2) is 82.0 Å². The maximum absolute atomic E-state index is 13.1. The van der Waals surface area contributed by atoms with Gasteiger partial charge in [0.25, 0.3) is 0 Å². The highest BCUT2D eigenvalue weighted by Crippen LogP contribution is 2.27. The number of nitrogens with zero attached hydrogens (tertiary/aromatic N) is 4. The minimum Gasteiger partial charge on any atom is -0.388 e. The summed E-state index contributed by atoms with van der Waals surface area (Å²) in [6.45, 7) is 4.92. The van der Waals surface area contributed by atoms with Crippen molar-refractivity contribution in [2.75, 3.05) is 38.1 Å². The Morgan fingerprint density at radius 1 is 1.18 bits per heavy atom. The van der Waals surface area contributed by atoms with E-state index in [1.807, 2.05) is 28.8 Å². The molecule has 10 nitrogen and oxygen atoms in total. The minimum atomic E-state index is -0.990. The van der Waals surface area contributed by atoms with Gasteiger partial charge in [-0.15, -0.1) is 0 Å². The molecule has 0 aliphatic carbocycles. The number of rotatable bonds is 10. The Bertz CT molecular complexity index is 998. The van der Waals surface area contributed by atoms with Crippen molar-refractivity contribution in [2.24, 2.45) is 0 Å². The molecule has 3 amide bonds. The van der Waals surface area contributed by atoms with Crippen molar-refractivity contribution in [2.45, 2.75) is 57.6 Å². The largest absolute Gasteiger partial charge is 0.388 e. The van der Waals surface area contributed by atoms with Gasteiger partial charge < -0.3 is 25.5 Å². The SMILES string of the molecule is CC(=O)NCCCC[C@H](NC(C)=O)C(=O)N(C)CC1(O)CCN(c2cccc3nccn23)CC1. The Morgan fingerprint density at radius 3 is 2.59 bits per heavy atom. The molecule has 2 aromatic rings. The molecule has 34 heavy (non-hydrogen) atoms. The molecule has 3 N–H and O–H groups in total. The molecule has 3 heterocycles. The fourth-order valence-corrected chi connectivity index (χ4v) is 4.53. The van der Waals surface area contributed by atoms with Gasteiger partial charge in [-0.05, 0) is 44.2 Å². The van der Waals surface area contributed by atoms with Gasteiger partial charge in [-0.2, -0.15) is 0 Å². The first-order valence-electron chi connectivity index (χ1n) is 11.8. The highest BCUT2D eigenvalue weighted by atomic mass is 16.3. The number of pyridine rings is 1. The molecule has 1 saturated heterocycles. The molecular formula is C24H36N6O4. The number of aromatic nitrogens is 2. The number of fused-ring (bicyclic) bond motifs is 1. The number of aliphatic hydroxyl groups is 1. The third kappa shape index (κ3) is 6.69. The number of hydrogen-bond donors (Lipinski definition) is 3. The Balaban J connectivity index is 1.54. The molecule has 1 atom stereocenters. The van der Waals surface area contributed by atoms with Gasteiger partial charge in [0.2, 0.25) is 17.7 Å². The molecule has 3 rings (SSSR count). The van der Waals surface area contributed by atoms with Crippen LogP contribution in [0, 0.1) is 0 Å². The normalized spacial score (nSPS) is 16.2. The predicted molar refractivity (Wildman–Crippen MR) is 129 cm³/mol. The first kappa shape index (κ1) is 25.5. The number of anilines is 1. The van der Waals surface area contributed by atoms with E-state index in [0.717, 1.165) is 17.9 Å². The molecular weight excluding hydrogens is 436 g/mol. The molecule has 0 bridgehead atoms. The van der Waals surface area contributed by atoms with Crippen molar-refractivity contribution < 1.29 is 19.5 Å². The van der Waals surface area contributed by atoms with Gasteiger partial charge in [0, 0.05) is 59.5 Å². The lowest BCUT2D eigenvalue weighted by molar-refractivity contribution is -0.138. The molecule has 1 aliphatic rings. The van der Waals surface area contributed by atoms with Crippen molar-refractivity contribution in [1.29, 1.82) is 0 Å². The zero-order valence-electron chi connectivity index (χ0n) is 20.3.